The Morgan fingerprint density at radius 3 is 2.33 bits per heavy atom. The van der Waals surface area contributed by atoms with Crippen molar-refractivity contribution in [3.8, 4) is 0 Å². The van der Waals surface area contributed by atoms with E-state index in [1.807, 2.05) is 0 Å². The predicted octanol–water partition coefficient (Wildman–Crippen LogP) is -1.33. The fourth-order valence-corrected chi connectivity index (χ4v) is 2.62. The predicted molar refractivity (Wildman–Crippen MR) is 85.8 cm³/mol. The van der Waals surface area contributed by atoms with Gasteiger partial charge in [0, 0.05) is 6.54 Å². The first-order chi connectivity index (χ1) is 11.2. The van der Waals surface area contributed by atoms with Gasteiger partial charge in [-0.05, 0) is 25.7 Å². The summed E-state index contributed by atoms with van der Waals surface area (Å²) in [4.78, 5) is 48.7. The highest BCUT2D eigenvalue weighted by molar-refractivity contribution is 5.93. The van der Waals surface area contributed by atoms with Gasteiger partial charge in [0.1, 0.15) is 18.1 Å². The zero-order chi connectivity index (χ0) is 18.4. The first-order valence-electron chi connectivity index (χ1n) is 8.02. The summed E-state index contributed by atoms with van der Waals surface area (Å²) in [6, 6.07) is -2.58. The van der Waals surface area contributed by atoms with Crippen LogP contribution in [0.15, 0.2) is 0 Å². The molecule has 0 aromatic carbocycles. The van der Waals surface area contributed by atoms with Gasteiger partial charge in [0.15, 0.2) is 0 Å². The SMILES string of the molecule is CC(NC(=O)C1CCCN1C(=O)CN)C(=O)NC(C(=O)O)C(C)C. The summed E-state index contributed by atoms with van der Waals surface area (Å²) in [5.41, 5.74) is 5.33. The molecule has 0 aromatic heterocycles. The molecule has 0 spiro atoms. The molecular formula is C15H26N4O5. The van der Waals surface area contributed by atoms with Crippen LogP contribution >= 0.6 is 0 Å². The Hall–Kier alpha value is -2.16. The van der Waals surface area contributed by atoms with E-state index in [1.54, 1.807) is 13.8 Å². The highest BCUT2D eigenvalue weighted by Gasteiger charge is 2.35. The van der Waals surface area contributed by atoms with E-state index in [9.17, 15) is 19.2 Å². The number of hydrogen-bond donors (Lipinski definition) is 4. The van der Waals surface area contributed by atoms with E-state index in [1.165, 1.54) is 11.8 Å². The Kier molecular flexibility index (Phi) is 7.15. The monoisotopic (exact) mass is 342 g/mol. The second kappa shape index (κ2) is 8.62. The number of aliphatic carboxylic acids is 1. The smallest absolute Gasteiger partial charge is 0.326 e. The van der Waals surface area contributed by atoms with Crippen molar-refractivity contribution in [2.24, 2.45) is 11.7 Å². The van der Waals surface area contributed by atoms with Crippen molar-refractivity contribution in [2.45, 2.75) is 51.7 Å². The number of carboxylic acid groups (broad SMARTS) is 1. The van der Waals surface area contributed by atoms with E-state index in [-0.39, 0.29) is 18.4 Å². The Morgan fingerprint density at radius 1 is 1.21 bits per heavy atom. The first kappa shape index (κ1) is 19.9. The third kappa shape index (κ3) is 4.92. The maximum atomic E-state index is 12.3. The van der Waals surface area contributed by atoms with E-state index in [0.29, 0.717) is 19.4 Å². The lowest BCUT2D eigenvalue weighted by Crippen LogP contribution is -2.55. The topological polar surface area (TPSA) is 142 Å². The lowest BCUT2D eigenvalue weighted by molar-refractivity contribution is -0.143. The van der Waals surface area contributed by atoms with Gasteiger partial charge < -0.3 is 26.4 Å². The molecule has 0 radical (unpaired) electrons. The molecule has 1 aliphatic heterocycles. The van der Waals surface area contributed by atoms with Gasteiger partial charge >= 0.3 is 5.97 Å². The van der Waals surface area contributed by atoms with Gasteiger partial charge in [-0.1, -0.05) is 13.8 Å². The van der Waals surface area contributed by atoms with Crippen molar-refractivity contribution >= 4 is 23.7 Å². The van der Waals surface area contributed by atoms with Gasteiger partial charge in [-0.15, -0.1) is 0 Å². The Balaban J connectivity index is 2.64. The van der Waals surface area contributed by atoms with E-state index in [2.05, 4.69) is 10.6 Å². The summed E-state index contributed by atoms with van der Waals surface area (Å²) < 4.78 is 0. The average molecular weight is 342 g/mol. The number of amides is 3. The fourth-order valence-electron chi connectivity index (χ4n) is 2.62. The third-order valence-corrected chi connectivity index (χ3v) is 4.03. The minimum atomic E-state index is -1.13. The summed E-state index contributed by atoms with van der Waals surface area (Å²) >= 11 is 0. The summed E-state index contributed by atoms with van der Waals surface area (Å²) in [6.45, 7) is 5.11. The van der Waals surface area contributed by atoms with Crippen molar-refractivity contribution in [3.05, 3.63) is 0 Å². The van der Waals surface area contributed by atoms with Crippen molar-refractivity contribution in [2.75, 3.05) is 13.1 Å². The minimum absolute atomic E-state index is 0.172. The fraction of sp³-hybridized carbons (Fsp3) is 0.733. The molecule has 5 N–H and O–H groups in total. The number of nitrogens with two attached hydrogens (primary N) is 1. The van der Waals surface area contributed by atoms with Crippen LogP contribution in [0.25, 0.3) is 0 Å². The molecule has 0 aliphatic carbocycles. The summed E-state index contributed by atoms with van der Waals surface area (Å²) in [7, 11) is 0. The van der Waals surface area contributed by atoms with Crippen molar-refractivity contribution in [3.63, 3.8) is 0 Å². The largest absolute Gasteiger partial charge is 0.480 e. The Labute approximate surface area is 140 Å². The summed E-state index contributed by atoms with van der Waals surface area (Å²) in [6.07, 6.45) is 1.20. The number of carbonyl (C=O) groups is 4. The van der Waals surface area contributed by atoms with Gasteiger partial charge in [0.05, 0.1) is 6.54 Å². The summed E-state index contributed by atoms with van der Waals surface area (Å²) in [5.74, 6) is -2.75. The molecular weight excluding hydrogens is 316 g/mol. The number of nitrogens with zero attached hydrogens (tertiary/aromatic N) is 1. The number of carboxylic acids is 1. The number of likely N-dealkylation sites (tertiary alicyclic amines) is 1. The van der Waals surface area contributed by atoms with Crippen molar-refractivity contribution in [1.82, 2.24) is 15.5 Å². The Bertz CT molecular complexity index is 508. The quantitative estimate of drug-likeness (QED) is 0.451. The maximum Gasteiger partial charge on any atom is 0.326 e. The molecule has 3 atom stereocenters. The minimum Gasteiger partial charge on any atom is -0.480 e. The van der Waals surface area contributed by atoms with Gasteiger partial charge in [-0.25, -0.2) is 4.79 Å². The molecule has 136 valence electrons. The highest BCUT2D eigenvalue weighted by Crippen LogP contribution is 2.17. The van der Waals surface area contributed by atoms with E-state index < -0.39 is 35.9 Å². The summed E-state index contributed by atoms with van der Waals surface area (Å²) in [5, 5.41) is 14.0. The number of hydrogen-bond acceptors (Lipinski definition) is 5. The molecule has 9 heteroatoms. The average Bonchev–Trinajstić information content (AvgIpc) is 3.00. The number of carbonyl (C=O) groups excluding carboxylic acids is 3. The normalized spacial score (nSPS) is 19.7. The molecule has 0 saturated carbocycles. The standard InChI is InChI=1S/C15H26N4O5/c1-8(2)12(15(23)24)18-13(21)9(3)17-14(22)10-5-4-6-19(10)11(20)7-16/h8-10,12H,4-7,16H2,1-3H3,(H,17,22)(H,18,21)(H,23,24). The second-order valence-corrected chi connectivity index (χ2v) is 6.25. The molecule has 1 fully saturated rings. The van der Waals surface area contributed by atoms with Crippen LogP contribution in [0.1, 0.15) is 33.6 Å². The highest BCUT2D eigenvalue weighted by atomic mass is 16.4. The second-order valence-electron chi connectivity index (χ2n) is 6.25. The third-order valence-electron chi connectivity index (χ3n) is 4.03. The Morgan fingerprint density at radius 2 is 1.83 bits per heavy atom. The molecule has 24 heavy (non-hydrogen) atoms. The van der Waals surface area contributed by atoms with E-state index in [4.69, 9.17) is 10.8 Å². The van der Waals surface area contributed by atoms with Crippen LogP contribution in [0, 0.1) is 5.92 Å². The first-order valence-corrected chi connectivity index (χ1v) is 8.02. The molecule has 3 amide bonds. The van der Waals surface area contributed by atoms with Crippen LogP contribution < -0.4 is 16.4 Å². The van der Waals surface area contributed by atoms with Gasteiger partial charge in [0.25, 0.3) is 0 Å². The molecule has 1 aliphatic rings. The van der Waals surface area contributed by atoms with E-state index >= 15 is 0 Å². The lowest BCUT2D eigenvalue weighted by atomic mass is 10.0. The van der Waals surface area contributed by atoms with Gasteiger partial charge in [0.2, 0.25) is 17.7 Å². The van der Waals surface area contributed by atoms with E-state index in [0.717, 1.165) is 0 Å². The van der Waals surface area contributed by atoms with Crippen LogP contribution in [0.3, 0.4) is 0 Å². The molecule has 0 aromatic rings. The van der Waals surface area contributed by atoms with Gasteiger partial charge in [-0.3, -0.25) is 14.4 Å². The molecule has 1 heterocycles. The van der Waals surface area contributed by atoms with Crippen LogP contribution in [0.4, 0.5) is 0 Å². The van der Waals surface area contributed by atoms with Crippen molar-refractivity contribution in [1.29, 1.82) is 0 Å². The molecule has 9 nitrogen and oxygen atoms in total. The molecule has 3 unspecified atom stereocenters. The van der Waals surface area contributed by atoms with Crippen LogP contribution in [0.5, 0.6) is 0 Å². The molecule has 0 bridgehead atoms. The molecule has 1 rings (SSSR count). The molecule has 1 saturated heterocycles. The van der Waals surface area contributed by atoms with Gasteiger partial charge in [-0.2, -0.15) is 0 Å². The number of nitrogens with one attached hydrogen (secondary N) is 2. The van der Waals surface area contributed by atoms with Crippen molar-refractivity contribution < 1.29 is 24.3 Å². The zero-order valence-electron chi connectivity index (χ0n) is 14.2. The zero-order valence-corrected chi connectivity index (χ0v) is 14.2. The van der Waals surface area contributed by atoms with Crippen LogP contribution in [-0.2, 0) is 19.2 Å². The van der Waals surface area contributed by atoms with Crippen LogP contribution in [0.2, 0.25) is 0 Å². The number of rotatable bonds is 7. The van der Waals surface area contributed by atoms with Crippen LogP contribution in [-0.4, -0.2) is 64.9 Å². The lowest BCUT2D eigenvalue weighted by Gasteiger charge is -2.26. The maximum absolute atomic E-state index is 12.3.